The number of anilines is 1. The lowest BCUT2D eigenvalue weighted by Crippen LogP contribution is -2.22. The molecular formula is C12H10ClN3O2S3. The van der Waals surface area contributed by atoms with Crippen molar-refractivity contribution >= 4 is 49.3 Å². The number of thiophene rings is 2. The molecule has 0 saturated carbocycles. The summed E-state index contributed by atoms with van der Waals surface area (Å²) in [5.74, 6) is 0. The minimum atomic E-state index is -3.70. The molecule has 0 amide bonds. The number of hydrogen-bond donors (Lipinski definition) is 2. The van der Waals surface area contributed by atoms with Crippen molar-refractivity contribution in [1.29, 1.82) is 5.26 Å². The Morgan fingerprint density at radius 1 is 1.38 bits per heavy atom. The molecule has 21 heavy (non-hydrogen) atoms. The SMILES string of the molecule is N#Cc1c(NS(=O)(=O)c2ccc(Cl)s2)sc2c1CCNC2. The number of nitrogens with one attached hydrogen (secondary N) is 2. The van der Waals surface area contributed by atoms with E-state index in [0.717, 1.165) is 34.7 Å². The lowest BCUT2D eigenvalue weighted by molar-refractivity contribution is 0.603. The van der Waals surface area contributed by atoms with Crippen LogP contribution in [0.25, 0.3) is 0 Å². The highest BCUT2D eigenvalue weighted by Crippen LogP contribution is 2.37. The first-order chi connectivity index (χ1) is 10.0. The zero-order valence-corrected chi connectivity index (χ0v) is 13.8. The third kappa shape index (κ3) is 2.80. The Balaban J connectivity index is 1.99. The van der Waals surface area contributed by atoms with Crippen molar-refractivity contribution in [2.24, 2.45) is 0 Å². The minimum absolute atomic E-state index is 0.140. The number of halogens is 1. The summed E-state index contributed by atoms with van der Waals surface area (Å²) in [6.45, 7) is 1.46. The molecule has 9 heteroatoms. The second kappa shape index (κ2) is 5.59. The van der Waals surface area contributed by atoms with Crippen LogP contribution in [0.15, 0.2) is 16.3 Å². The molecule has 0 fully saturated rings. The van der Waals surface area contributed by atoms with Crippen LogP contribution in [0.2, 0.25) is 4.34 Å². The smallest absolute Gasteiger partial charge is 0.272 e. The van der Waals surface area contributed by atoms with Gasteiger partial charge in [-0.25, -0.2) is 8.42 Å². The van der Waals surface area contributed by atoms with Crippen molar-refractivity contribution in [3.05, 3.63) is 32.5 Å². The van der Waals surface area contributed by atoms with Gasteiger partial charge in [0.05, 0.1) is 9.90 Å². The summed E-state index contributed by atoms with van der Waals surface area (Å²) >= 11 is 8.08. The van der Waals surface area contributed by atoms with Crippen molar-refractivity contribution in [3.8, 4) is 6.07 Å². The monoisotopic (exact) mass is 359 g/mol. The lowest BCUT2D eigenvalue weighted by Gasteiger charge is -2.11. The fourth-order valence-corrected chi connectivity index (χ4v) is 6.10. The van der Waals surface area contributed by atoms with Crippen molar-refractivity contribution < 1.29 is 8.42 Å². The van der Waals surface area contributed by atoms with Gasteiger partial charge in [-0.3, -0.25) is 4.72 Å². The van der Waals surface area contributed by atoms with Crippen LogP contribution >= 0.6 is 34.3 Å². The molecule has 0 spiro atoms. The van der Waals surface area contributed by atoms with Crippen LogP contribution in [0.4, 0.5) is 5.00 Å². The molecule has 3 heterocycles. The average molecular weight is 360 g/mol. The van der Waals surface area contributed by atoms with E-state index in [1.54, 1.807) is 0 Å². The zero-order chi connectivity index (χ0) is 15.0. The van der Waals surface area contributed by atoms with E-state index in [9.17, 15) is 13.7 Å². The maximum Gasteiger partial charge on any atom is 0.272 e. The van der Waals surface area contributed by atoms with E-state index in [1.165, 1.54) is 23.5 Å². The van der Waals surface area contributed by atoms with E-state index < -0.39 is 10.0 Å². The molecule has 0 radical (unpaired) electrons. The molecule has 0 saturated heterocycles. The highest BCUT2D eigenvalue weighted by Gasteiger charge is 2.25. The van der Waals surface area contributed by atoms with Gasteiger partial charge in [0.15, 0.2) is 0 Å². The van der Waals surface area contributed by atoms with Crippen molar-refractivity contribution in [3.63, 3.8) is 0 Å². The van der Waals surface area contributed by atoms with Crippen LogP contribution < -0.4 is 10.0 Å². The van der Waals surface area contributed by atoms with Gasteiger partial charge in [0.2, 0.25) is 0 Å². The second-order valence-electron chi connectivity index (χ2n) is 4.41. The van der Waals surface area contributed by atoms with E-state index >= 15 is 0 Å². The molecule has 2 aromatic rings. The van der Waals surface area contributed by atoms with E-state index in [4.69, 9.17) is 11.6 Å². The fraction of sp³-hybridized carbons (Fsp3) is 0.250. The Morgan fingerprint density at radius 3 is 2.86 bits per heavy atom. The quantitative estimate of drug-likeness (QED) is 0.882. The Morgan fingerprint density at radius 2 is 2.19 bits per heavy atom. The molecule has 0 aromatic carbocycles. The Hall–Kier alpha value is -1.11. The second-order valence-corrected chi connectivity index (χ2v) is 9.14. The minimum Gasteiger partial charge on any atom is -0.312 e. The van der Waals surface area contributed by atoms with Crippen LogP contribution in [-0.2, 0) is 23.0 Å². The standard InChI is InChI=1S/C12H10ClN3O2S3/c13-10-1-2-11(20-10)21(17,18)16-12-8(5-14)7-3-4-15-6-9(7)19-12/h1-2,15-16H,3-4,6H2. The molecule has 2 N–H and O–H groups in total. The van der Waals surface area contributed by atoms with Gasteiger partial charge in [0.25, 0.3) is 10.0 Å². The van der Waals surface area contributed by atoms with Gasteiger partial charge in [0, 0.05) is 11.4 Å². The first-order valence-electron chi connectivity index (χ1n) is 6.05. The summed E-state index contributed by atoms with van der Waals surface area (Å²) in [4.78, 5) is 1.01. The molecule has 2 aromatic heterocycles. The van der Waals surface area contributed by atoms with Crippen molar-refractivity contribution in [1.82, 2.24) is 5.32 Å². The van der Waals surface area contributed by atoms with Crippen LogP contribution in [0.3, 0.4) is 0 Å². The van der Waals surface area contributed by atoms with Gasteiger partial charge >= 0.3 is 0 Å². The van der Waals surface area contributed by atoms with Gasteiger partial charge in [-0.1, -0.05) is 11.6 Å². The van der Waals surface area contributed by atoms with Crippen molar-refractivity contribution in [2.45, 2.75) is 17.2 Å². The molecule has 0 unspecified atom stereocenters. The van der Waals surface area contributed by atoms with Crippen LogP contribution in [-0.4, -0.2) is 15.0 Å². The highest BCUT2D eigenvalue weighted by molar-refractivity contribution is 7.95. The lowest BCUT2D eigenvalue weighted by atomic mass is 10.1. The molecule has 5 nitrogen and oxygen atoms in total. The predicted octanol–water partition coefficient (Wildman–Crippen LogP) is 2.78. The van der Waals surface area contributed by atoms with E-state index in [0.29, 0.717) is 21.4 Å². The number of fused-ring (bicyclic) bond motifs is 1. The van der Waals surface area contributed by atoms with Crippen molar-refractivity contribution in [2.75, 3.05) is 11.3 Å². The number of nitrogens with zero attached hydrogens (tertiary/aromatic N) is 1. The topological polar surface area (TPSA) is 82.0 Å². The average Bonchev–Trinajstić information content (AvgIpc) is 3.01. The van der Waals surface area contributed by atoms with E-state index in [1.807, 2.05) is 0 Å². The predicted molar refractivity (Wildman–Crippen MR) is 84.6 cm³/mol. The molecule has 1 aliphatic heterocycles. The Kier molecular flexibility index (Phi) is 3.94. The maximum atomic E-state index is 12.3. The van der Waals surface area contributed by atoms with Gasteiger partial charge < -0.3 is 5.32 Å². The van der Waals surface area contributed by atoms with Crippen LogP contribution in [0, 0.1) is 11.3 Å². The molecule has 3 rings (SSSR count). The number of sulfonamides is 1. The summed E-state index contributed by atoms with van der Waals surface area (Å²) in [6, 6.07) is 5.11. The first kappa shape index (κ1) is 14.8. The third-order valence-electron chi connectivity index (χ3n) is 3.08. The highest BCUT2D eigenvalue weighted by atomic mass is 35.5. The van der Waals surface area contributed by atoms with Gasteiger partial charge in [0.1, 0.15) is 15.3 Å². The Labute approximate surface area is 135 Å². The molecule has 0 bridgehead atoms. The summed E-state index contributed by atoms with van der Waals surface area (Å²) in [7, 11) is -3.70. The summed E-state index contributed by atoms with van der Waals surface area (Å²) in [5, 5.41) is 12.9. The summed E-state index contributed by atoms with van der Waals surface area (Å²) in [5.41, 5.74) is 1.38. The molecule has 0 aliphatic carbocycles. The molecule has 1 aliphatic rings. The number of hydrogen-bond acceptors (Lipinski definition) is 6. The normalized spacial score (nSPS) is 14.5. The van der Waals surface area contributed by atoms with E-state index in [-0.39, 0.29) is 4.21 Å². The van der Waals surface area contributed by atoms with E-state index in [2.05, 4.69) is 16.1 Å². The van der Waals surface area contributed by atoms with Crippen LogP contribution in [0.5, 0.6) is 0 Å². The first-order valence-corrected chi connectivity index (χ1v) is 9.54. The Bertz CT molecular complexity index is 833. The molecule has 0 atom stereocenters. The summed E-state index contributed by atoms with van der Waals surface area (Å²) in [6.07, 6.45) is 0.737. The largest absolute Gasteiger partial charge is 0.312 e. The van der Waals surface area contributed by atoms with Gasteiger partial charge in [-0.15, -0.1) is 22.7 Å². The number of nitriles is 1. The van der Waals surface area contributed by atoms with Crippen LogP contribution in [0.1, 0.15) is 16.0 Å². The fourth-order valence-electron chi connectivity index (χ4n) is 2.14. The van der Waals surface area contributed by atoms with Gasteiger partial charge in [-0.05, 0) is 30.7 Å². The van der Waals surface area contributed by atoms with Gasteiger partial charge in [-0.2, -0.15) is 5.26 Å². The zero-order valence-electron chi connectivity index (χ0n) is 10.6. The molecular weight excluding hydrogens is 350 g/mol. The number of rotatable bonds is 3. The molecule has 110 valence electrons. The maximum absolute atomic E-state index is 12.3. The summed E-state index contributed by atoms with van der Waals surface area (Å²) < 4.78 is 27.7. The third-order valence-corrected chi connectivity index (χ3v) is 7.43.